The Kier molecular flexibility index (Phi) is 3.02. The van der Waals surface area contributed by atoms with Crippen LogP contribution in [-0.4, -0.2) is 11.0 Å². The first-order chi connectivity index (χ1) is 6.25. The van der Waals surface area contributed by atoms with Crippen LogP contribution in [0.4, 0.5) is 0 Å². The molecule has 1 rings (SSSR count). The van der Waals surface area contributed by atoms with Gasteiger partial charge in [0.15, 0.2) is 0 Å². The second-order valence-corrected chi connectivity index (χ2v) is 7.89. The third kappa shape index (κ3) is 1.98. The van der Waals surface area contributed by atoms with Gasteiger partial charge in [-0.3, -0.25) is 0 Å². The molecule has 0 aliphatic rings. The van der Waals surface area contributed by atoms with E-state index in [1.54, 1.807) is 6.92 Å². The molecule has 0 aliphatic heterocycles. The highest BCUT2D eigenvalue weighted by atomic mass is 79.9. The Balaban J connectivity index is 3.48. The molecule has 3 nitrogen and oxygen atoms in total. The number of carboxylic acids is 1. The van der Waals surface area contributed by atoms with E-state index in [4.69, 9.17) is 0 Å². The molecular weight excluding hydrogens is 266 g/mol. The number of aromatic nitrogens is 1. The van der Waals surface area contributed by atoms with Crippen molar-refractivity contribution >= 4 is 32.4 Å². The van der Waals surface area contributed by atoms with Crippen LogP contribution >= 0.6 is 26.4 Å². The van der Waals surface area contributed by atoms with Crippen molar-refractivity contribution in [3.8, 4) is 0 Å². The molecule has 0 fully saturated rings. The zero-order valence-corrected chi connectivity index (χ0v) is 11.0. The zero-order valence-electron chi connectivity index (χ0n) is 8.55. The lowest BCUT2D eigenvalue weighted by Crippen LogP contribution is -2.24. The summed E-state index contributed by atoms with van der Waals surface area (Å²) in [5, 5.41) is 11.0. The number of rotatable bonds is 1. The molecule has 0 saturated heterocycles. The summed E-state index contributed by atoms with van der Waals surface area (Å²) in [6.45, 7) is 7.68. The molecule has 0 aromatic carbocycles. The van der Waals surface area contributed by atoms with Crippen LogP contribution in [0.1, 0.15) is 36.1 Å². The van der Waals surface area contributed by atoms with Crippen molar-refractivity contribution in [2.24, 2.45) is 0 Å². The quantitative estimate of drug-likeness (QED) is 0.738. The topological polar surface area (TPSA) is 53.0 Å². The normalized spacial score (nSPS) is 13.1. The van der Waals surface area contributed by atoms with E-state index in [-0.39, 0.29) is 4.75 Å². The van der Waals surface area contributed by atoms with E-state index in [9.17, 15) is 9.90 Å². The number of hydrogen-bond acceptors (Lipinski definition) is 3. The molecule has 0 radical (unpaired) electrons. The Morgan fingerprint density at radius 3 is 2.29 bits per heavy atom. The molecule has 78 valence electrons. The van der Waals surface area contributed by atoms with E-state index >= 15 is 0 Å². The van der Waals surface area contributed by atoms with Crippen LogP contribution in [0.2, 0.25) is 0 Å². The van der Waals surface area contributed by atoms with Crippen LogP contribution in [0.5, 0.6) is 0 Å². The van der Waals surface area contributed by atoms with Gasteiger partial charge in [0, 0.05) is 26.4 Å². The molecule has 0 N–H and O–H groups in total. The van der Waals surface area contributed by atoms with Crippen molar-refractivity contribution in [3.05, 3.63) is 14.5 Å². The third-order valence-electron chi connectivity index (χ3n) is 1.75. The second kappa shape index (κ2) is 3.62. The minimum Gasteiger partial charge on any atom is -0.540 e. The van der Waals surface area contributed by atoms with Gasteiger partial charge >= 0.3 is 3.92 Å². The molecule has 0 spiro atoms. The van der Waals surface area contributed by atoms with Crippen LogP contribution in [0.25, 0.3) is 0 Å². The summed E-state index contributed by atoms with van der Waals surface area (Å²) < 4.78 is 0.567. The number of carbonyl (C=O) groups excluding carboxylic acids is 1. The maximum Gasteiger partial charge on any atom is 0.310 e. The molecule has 1 atom stereocenters. The number of aryl methyl sites for hydroxylation is 1. The van der Waals surface area contributed by atoms with Gasteiger partial charge in [-0.25, -0.2) is 0 Å². The summed E-state index contributed by atoms with van der Waals surface area (Å²) in [7, 11) is -0.503. The lowest BCUT2D eigenvalue weighted by Gasteiger charge is -2.11. The fourth-order valence-electron chi connectivity index (χ4n) is 1.25. The van der Waals surface area contributed by atoms with Gasteiger partial charge in [0.1, 0.15) is 16.4 Å². The summed E-state index contributed by atoms with van der Waals surface area (Å²) in [6, 6.07) is 0. The monoisotopic (exact) mass is 277 g/mol. The summed E-state index contributed by atoms with van der Waals surface area (Å²) >= 11 is 3.32. The van der Waals surface area contributed by atoms with Crippen molar-refractivity contribution in [3.63, 3.8) is 0 Å². The number of nitrogens with zero attached hydrogens (tertiary/aromatic N) is 1. The molecule has 0 amide bonds. The highest BCUT2D eigenvalue weighted by molar-refractivity contribution is 9.11. The lowest BCUT2D eigenvalue weighted by atomic mass is 10.3. The third-order valence-corrected chi connectivity index (χ3v) is 5.43. The Morgan fingerprint density at radius 1 is 1.50 bits per heavy atom. The Morgan fingerprint density at radius 2 is 2.00 bits per heavy atom. The van der Waals surface area contributed by atoms with Crippen LogP contribution in [0, 0.1) is 6.92 Å². The minimum atomic E-state index is -1.11. The molecule has 1 unspecified atom stereocenters. The van der Waals surface area contributed by atoms with Crippen LogP contribution in [0.3, 0.4) is 0 Å². The van der Waals surface area contributed by atoms with Crippen LogP contribution < -0.4 is 5.11 Å². The van der Waals surface area contributed by atoms with Crippen molar-refractivity contribution in [2.45, 2.75) is 32.4 Å². The van der Waals surface area contributed by atoms with Gasteiger partial charge in [0.05, 0.1) is 0 Å². The van der Waals surface area contributed by atoms with E-state index in [2.05, 4.69) is 20.9 Å². The van der Waals surface area contributed by atoms with Gasteiger partial charge in [-0.15, -0.1) is 0 Å². The largest absolute Gasteiger partial charge is 0.540 e. The van der Waals surface area contributed by atoms with Crippen LogP contribution in [-0.2, 0) is 4.75 Å². The van der Waals surface area contributed by atoms with Gasteiger partial charge < -0.3 is 9.90 Å². The SMILES string of the molecule is Cc1nc(Br)[s+](C(C)(C)C)c1C(=O)[O-]. The van der Waals surface area contributed by atoms with Crippen molar-refractivity contribution in [1.82, 2.24) is 4.98 Å². The van der Waals surface area contributed by atoms with E-state index in [0.717, 1.165) is 0 Å². The van der Waals surface area contributed by atoms with Gasteiger partial charge in [0.2, 0.25) is 4.88 Å². The summed E-state index contributed by atoms with van der Waals surface area (Å²) in [5.74, 6) is -1.11. The maximum atomic E-state index is 11.0. The second-order valence-electron chi connectivity index (χ2n) is 3.99. The predicted octanol–water partition coefficient (Wildman–Crippen LogP) is 2.02. The molecule has 1 aromatic rings. The average molecular weight is 278 g/mol. The summed E-state index contributed by atoms with van der Waals surface area (Å²) in [5.41, 5.74) is 0.551. The number of halogens is 1. The van der Waals surface area contributed by atoms with Gasteiger partial charge in [0.25, 0.3) is 0 Å². The smallest absolute Gasteiger partial charge is 0.310 e. The first kappa shape index (κ1) is 11.7. The molecule has 1 heterocycles. The van der Waals surface area contributed by atoms with Gasteiger partial charge in [-0.1, -0.05) is 0 Å². The molecule has 0 saturated carbocycles. The molecule has 0 aliphatic carbocycles. The Bertz CT molecular complexity index is 379. The van der Waals surface area contributed by atoms with E-state index < -0.39 is 16.4 Å². The van der Waals surface area contributed by atoms with Crippen molar-refractivity contribution < 1.29 is 9.90 Å². The van der Waals surface area contributed by atoms with E-state index in [1.165, 1.54) is 0 Å². The molecule has 1 aromatic heterocycles. The average Bonchev–Trinajstić information content (AvgIpc) is 2.23. The van der Waals surface area contributed by atoms with Crippen molar-refractivity contribution in [2.75, 3.05) is 0 Å². The molecule has 5 heteroatoms. The number of aromatic carboxylic acids is 1. The highest BCUT2D eigenvalue weighted by Gasteiger charge is 2.36. The van der Waals surface area contributed by atoms with E-state index in [0.29, 0.717) is 14.5 Å². The number of carbonyl (C=O) groups is 1. The fraction of sp³-hybridized carbons (Fsp3) is 0.556. The summed E-state index contributed by atoms with van der Waals surface area (Å²) in [6.07, 6.45) is 0. The van der Waals surface area contributed by atoms with Gasteiger partial charge in [-0.05, 0) is 27.7 Å². The van der Waals surface area contributed by atoms with Gasteiger partial charge in [-0.2, -0.15) is 4.98 Å². The Hall–Kier alpha value is -0.420. The molecule has 0 bridgehead atoms. The zero-order chi connectivity index (χ0) is 11.1. The first-order valence-electron chi connectivity index (χ1n) is 4.16. The fourth-order valence-corrected chi connectivity index (χ4v) is 5.48. The number of thiazole rings is 1. The standard InChI is InChI=1S/C9H12BrNO2S/c1-5-6(7(12)13)14(8(10)11-5)9(2,3)4/h1-4H3. The summed E-state index contributed by atoms with van der Waals surface area (Å²) in [4.78, 5) is 15.4. The van der Waals surface area contributed by atoms with E-state index in [1.807, 2.05) is 20.8 Å². The molecule has 14 heavy (non-hydrogen) atoms. The van der Waals surface area contributed by atoms with Crippen LogP contribution in [0.15, 0.2) is 3.92 Å². The predicted molar refractivity (Wildman–Crippen MR) is 58.5 cm³/mol. The van der Waals surface area contributed by atoms with Crippen molar-refractivity contribution in [1.29, 1.82) is 0 Å². The number of hydrogen-bond donors (Lipinski definition) is 0. The highest BCUT2D eigenvalue weighted by Crippen LogP contribution is 2.46. The minimum absolute atomic E-state index is 0.143. The Labute approximate surface area is 94.3 Å². The maximum absolute atomic E-state index is 11.0. The number of carboxylic acid groups (broad SMARTS) is 1. The lowest BCUT2D eigenvalue weighted by molar-refractivity contribution is -0.254. The first-order valence-corrected chi connectivity index (χ1v) is 6.17. The molecular formula is C9H12BrNO2S.